The van der Waals surface area contributed by atoms with Gasteiger partial charge in [-0.15, -0.1) is 0 Å². The van der Waals surface area contributed by atoms with Gasteiger partial charge in [-0.25, -0.2) is 0 Å². The van der Waals surface area contributed by atoms with Gasteiger partial charge in [-0.05, 0) is 26.6 Å². The zero-order valence-electron chi connectivity index (χ0n) is 10.6. The third-order valence-corrected chi connectivity index (χ3v) is 3.02. The van der Waals surface area contributed by atoms with E-state index in [4.69, 9.17) is 5.73 Å². The second kappa shape index (κ2) is 5.29. The summed E-state index contributed by atoms with van der Waals surface area (Å²) in [5.74, 6) is -0.417. The Morgan fingerprint density at radius 3 is 2.35 bits per heavy atom. The van der Waals surface area contributed by atoms with E-state index in [1.165, 1.54) is 0 Å². The largest absolute Gasteiger partial charge is 0.384 e. The van der Waals surface area contributed by atoms with Crippen LogP contribution < -0.4 is 5.73 Å². The molecule has 94 valence electrons. The fourth-order valence-corrected chi connectivity index (χ4v) is 2.04. The standard InChI is InChI=1S/C13H20N2O2/c1-13(17,10-7-5-4-6-8-10)11(15(2)3)9-12(14)16/h4-8,11,17H,9H2,1-3H3,(H2,14,16). The highest BCUT2D eigenvalue weighted by molar-refractivity contribution is 5.74. The van der Waals surface area contributed by atoms with E-state index in [1.54, 1.807) is 6.92 Å². The smallest absolute Gasteiger partial charge is 0.219 e. The molecular weight excluding hydrogens is 216 g/mol. The van der Waals surface area contributed by atoms with E-state index >= 15 is 0 Å². The lowest BCUT2D eigenvalue weighted by molar-refractivity contribution is -0.122. The molecule has 0 heterocycles. The highest BCUT2D eigenvalue weighted by atomic mass is 16.3. The lowest BCUT2D eigenvalue weighted by Gasteiger charge is -2.37. The fraction of sp³-hybridized carbons (Fsp3) is 0.462. The molecule has 1 rings (SSSR count). The molecule has 4 nitrogen and oxygen atoms in total. The number of benzene rings is 1. The normalized spacial score (nSPS) is 16.5. The Morgan fingerprint density at radius 1 is 1.41 bits per heavy atom. The van der Waals surface area contributed by atoms with E-state index in [0.29, 0.717) is 0 Å². The maximum atomic E-state index is 11.1. The van der Waals surface area contributed by atoms with Gasteiger partial charge >= 0.3 is 0 Å². The SMILES string of the molecule is CN(C)C(CC(N)=O)C(C)(O)c1ccccc1. The van der Waals surface area contributed by atoms with Crippen LogP contribution in [0.25, 0.3) is 0 Å². The van der Waals surface area contributed by atoms with Gasteiger partial charge in [0.05, 0.1) is 6.04 Å². The van der Waals surface area contributed by atoms with Crippen molar-refractivity contribution >= 4 is 5.91 Å². The minimum Gasteiger partial charge on any atom is -0.384 e. The molecule has 0 saturated heterocycles. The average molecular weight is 236 g/mol. The van der Waals surface area contributed by atoms with Gasteiger partial charge in [0.25, 0.3) is 0 Å². The number of carbonyl (C=O) groups is 1. The molecule has 2 unspecified atom stereocenters. The summed E-state index contributed by atoms with van der Waals surface area (Å²) in [6, 6.07) is 8.96. The van der Waals surface area contributed by atoms with E-state index < -0.39 is 11.5 Å². The third-order valence-electron chi connectivity index (χ3n) is 3.02. The summed E-state index contributed by atoms with van der Waals surface area (Å²) in [5.41, 5.74) is 4.90. The van der Waals surface area contributed by atoms with Crippen molar-refractivity contribution in [2.24, 2.45) is 5.73 Å². The summed E-state index contributed by atoms with van der Waals surface area (Å²) < 4.78 is 0. The Bertz CT molecular complexity index is 374. The van der Waals surface area contributed by atoms with Gasteiger partial charge in [-0.1, -0.05) is 30.3 Å². The molecule has 3 N–H and O–H groups in total. The Hall–Kier alpha value is -1.39. The highest BCUT2D eigenvalue weighted by Crippen LogP contribution is 2.28. The zero-order chi connectivity index (χ0) is 13.1. The third kappa shape index (κ3) is 3.28. The first-order valence-electron chi connectivity index (χ1n) is 5.58. The van der Waals surface area contributed by atoms with Crippen LogP contribution in [0.1, 0.15) is 18.9 Å². The number of likely N-dealkylation sites (N-methyl/N-ethyl adjacent to an activating group) is 1. The van der Waals surface area contributed by atoms with Gasteiger partial charge in [0.2, 0.25) is 5.91 Å². The van der Waals surface area contributed by atoms with Crippen LogP contribution in [0.15, 0.2) is 30.3 Å². The maximum Gasteiger partial charge on any atom is 0.219 e. The molecule has 0 aromatic heterocycles. The number of nitrogens with two attached hydrogens (primary N) is 1. The monoisotopic (exact) mass is 236 g/mol. The molecular formula is C13H20N2O2. The molecule has 0 aliphatic heterocycles. The van der Waals surface area contributed by atoms with Crippen molar-refractivity contribution in [3.05, 3.63) is 35.9 Å². The number of aliphatic hydroxyl groups is 1. The van der Waals surface area contributed by atoms with Gasteiger partial charge in [0.1, 0.15) is 5.60 Å². The number of nitrogens with zero attached hydrogens (tertiary/aromatic N) is 1. The Labute approximate surface area is 102 Å². The highest BCUT2D eigenvalue weighted by Gasteiger charge is 2.36. The summed E-state index contributed by atoms with van der Waals surface area (Å²) >= 11 is 0. The molecule has 1 aromatic carbocycles. The maximum absolute atomic E-state index is 11.1. The van der Waals surface area contributed by atoms with Crippen molar-refractivity contribution in [2.75, 3.05) is 14.1 Å². The van der Waals surface area contributed by atoms with Crippen LogP contribution >= 0.6 is 0 Å². The first kappa shape index (κ1) is 13.7. The fourth-order valence-electron chi connectivity index (χ4n) is 2.04. The van der Waals surface area contributed by atoms with E-state index in [2.05, 4.69) is 0 Å². The Morgan fingerprint density at radius 2 is 1.94 bits per heavy atom. The van der Waals surface area contributed by atoms with Crippen LogP contribution in [-0.4, -0.2) is 36.1 Å². The van der Waals surface area contributed by atoms with Crippen molar-refractivity contribution in [3.8, 4) is 0 Å². The lowest BCUT2D eigenvalue weighted by atomic mass is 9.85. The van der Waals surface area contributed by atoms with Gasteiger partial charge < -0.3 is 15.7 Å². The number of hydrogen-bond donors (Lipinski definition) is 2. The number of hydrogen-bond acceptors (Lipinski definition) is 3. The molecule has 0 aliphatic carbocycles. The molecule has 2 atom stereocenters. The van der Waals surface area contributed by atoms with Crippen LogP contribution in [0.3, 0.4) is 0 Å². The summed E-state index contributed by atoms with van der Waals surface area (Å²) in [6.07, 6.45) is 0.120. The van der Waals surface area contributed by atoms with Crippen molar-refractivity contribution in [1.29, 1.82) is 0 Å². The van der Waals surface area contributed by atoms with E-state index in [0.717, 1.165) is 5.56 Å². The second-order valence-electron chi connectivity index (χ2n) is 4.66. The molecule has 17 heavy (non-hydrogen) atoms. The Balaban J connectivity index is 3.04. The molecule has 0 radical (unpaired) electrons. The average Bonchev–Trinajstić information content (AvgIpc) is 2.26. The molecule has 4 heteroatoms. The van der Waals surface area contributed by atoms with Gasteiger partial charge in [0, 0.05) is 6.42 Å². The van der Waals surface area contributed by atoms with Crippen LogP contribution in [0.5, 0.6) is 0 Å². The first-order chi connectivity index (χ1) is 7.85. The molecule has 0 fully saturated rings. The van der Waals surface area contributed by atoms with E-state index in [9.17, 15) is 9.90 Å². The Kier molecular flexibility index (Phi) is 4.26. The molecule has 0 bridgehead atoms. The summed E-state index contributed by atoms with van der Waals surface area (Å²) in [6.45, 7) is 1.70. The number of primary amides is 1. The van der Waals surface area contributed by atoms with Crippen molar-refractivity contribution < 1.29 is 9.90 Å². The van der Waals surface area contributed by atoms with E-state index in [-0.39, 0.29) is 12.5 Å². The van der Waals surface area contributed by atoms with Gasteiger partial charge in [-0.3, -0.25) is 4.79 Å². The van der Waals surface area contributed by atoms with Crippen LogP contribution in [0, 0.1) is 0 Å². The molecule has 1 aromatic rings. The van der Waals surface area contributed by atoms with E-state index in [1.807, 2.05) is 49.3 Å². The molecule has 0 aliphatic rings. The molecule has 0 saturated carbocycles. The first-order valence-corrected chi connectivity index (χ1v) is 5.58. The number of rotatable bonds is 5. The quantitative estimate of drug-likeness (QED) is 0.791. The van der Waals surface area contributed by atoms with Gasteiger partial charge in [-0.2, -0.15) is 0 Å². The summed E-state index contributed by atoms with van der Waals surface area (Å²) in [5, 5.41) is 10.6. The van der Waals surface area contributed by atoms with Gasteiger partial charge in [0.15, 0.2) is 0 Å². The summed E-state index contributed by atoms with van der Waals surface area (Å²) in [7, 11) is 3.65. The summed E-state index contributed by atoms with van der Waals surface area (Å²) in [4.78, 5) is 12.9. The minimum atomic E-state index is -1.11. The molecule has 1 amide bonds. The number of amides is 1. The topological polar surface area (TPSA) is 66.6 Å². The number of carbonyl (C=O) groups excluding carboxylic acids is 1. The van der Waals surface area contributed by atoms with Crippen LogP contribution in [0.4, 0.5) is 0 Å². The van der Waals surface area contributed by atoms with Crippen LogP contribution in [-0.2, 0) is 10.4 Å². The van der Waals surface area contributed by atoms with Crippen molar-refractivity contribution in [2.45, 2.75) is 25.0 Å². The second-order valence-corrected chi connectivity index (χ2v) is 4.66. The lowest BCUT2D eigenvalue weighted by Crippen LogP contribution is -2.48. The molecule has 0 spiro atoms. The predicted octanol–water partition coefficient (Wildman–Crippen LogP) is 0.700. The minimum absolute atomic E-state index is 0.120. The van der Waals surface area contributed by atoms with Crippen molar-refractivity contribution in [1.82, 2.24) is 4.90 Å². The van der Waals surface area contributed by atoms with Crippen molar-refractivity contribution in [3.63, 3.8) is 0 Å². The zero-order valence-corrected chi connectivity index (χ0v) is 10.6. The van der Waals surface area contributed by atoms with Crippen LogP contribution in [0.2, 0.25) is 0 Å². The predicted molar refractivity (Wildman–Crippen MR) is 67.3 cm³/mol.